The Kier molecular flexibility index (Phi) is 4.50. The molecule has 1 saturated heterocycles. The summed E-state index contributed by atoms with van der Waals surface area (Å²) < 4.78 is 9.11. The molecule has 136 valence electrons. The van der Waals surface area contributed by atoms with Gasteiger partial charge < -0.3 is 9.64 Å². The highest BCUT2D eigenvalue weighted by Crippen LogP contribution is 2.27. The first-order valence-electron chi connectivity index (χ1n) is 9.50. The number of aromatic nitrogens is 4. The van der Waals surface area contributed by atoms with Crippen LogP contribution in [-0.4, -0.2) is 45.5 Å². The second kappa shape index (κ2) is 6.78. The maximum Gasteiger partial charge on any atom is 0.280 e. The summed E-state index contributed by atoms with van der Waals surface area (Å²) in [6.07, 6.45) is 5.82. The van der Waals surface area contributed by atoms with Gasteiger partial charge in [-0.15, -0.1) is 5.10 Å². The molecule has 2 aliphatic rings. The second-order valence-electron chi connectivity index (χ2n) is 7.42. The molecule has 1 fully saturated rings. The number of rotatable bonds is 4. The maximum atomic E-state index is 13.0. The topological polar surface area (TPSA) is 64.7 Å². The number of hydrogen-bond acceptors (Lipinski definition) is 5. The molecular formula is C18H27N5O2. The van der Waals surface area contributed by atoms with Crippen LogP contribution >= 0.6 is 0 Å². The van der Waals surface area contributed by atoms with Gasteiger partial charge in [0.2, 0.25) is 5.95 Å². The molecule has 1 atom stereocenters. The van der Waals surface area contributed by atoms with Crippen molar-refractivity contribution in [2.45, 2.75) is 52.0 Å². The van der Waals surface area contributed by atoms with Crippen molar-refractivity contribution in [2.24, 2.45) is 5.92 Å². The molecule has 0 aliphatic carbocycles. The average molecular weight is 345 g/mol. The summed E-state index contributed by atoms with van der Waals surface area (Å²) in [5.74, 6) is 2.48. The van der Waals surface area contributed by atoms with Crippen LogP contribution in [0.4, 0.5) is 5.95 Å². The monoisotopic (exact) mass is 345 g/mol. The minimum absolute atomic E-state index is 0.0313. The van der Waals surface area contributed by atoms with Crippen LogP contribution in [0.1, 0.15) is 51.3 Å². The fraction of sp³-hybridized carbons (Fsp3) is 0.722. The molecule has 0 radical (unpaired) electrons. The van der Waals surface area contributed by atoms with Crippen molar-refractivity contribution in [3.63, 3.8) is 0 Å². The third-order valence-electron chi connectivity index (χ3n) is 5.34. The number of imidazole rings is 1. The fourth-order valence-corrected chi connectivity index (χ4v) is 3.98. The molecule has 25 heavy (non-hydrogen) atoms. The van der Waals surface area contributed by atoms with E-state index in [1.165, 1.54) is 0 Å². The smallest absolute Gasteiger partial charge is 0.280 e. The standard InChI is InChI=1S/C18H27N5O2/c1-3-4-7-21-11-13(2)12-22-17(24)15-10-19-16(23(15)20-18(21)22)14-5-8-25-9-6-14/h10,13-14H,3-9,11-12H2,1-2H3. The van der Waals surface area contributed by atoms with Crippen molar-refractivity contribution in [2.75, 3.05) is 31.2 Å². The average Bonchev–Trinajstić information content (AvgIpc) is 3.05. The zero-order valence-corrected chi connectivity index (χ0v) is 15.1. The molecule has 0 bridgehead atoms. The molecule has 1 unspecified atom stereocenters. The Balaban J connectivity index is 1.81. The van der Waals surface area contributed by atoms with Crippen LogP contribution in [0.2, 0.25) is 0 Å². The number of hydrogen-bond donors (Lipinski definition) is 0. The van der Waals surface area contributed by atoms with Gasteiger partial charge in [-0.2, -0.15) is 0 Å². The highest BCUT2D eigenvalue weighted by Gasteiger charge is 2.28. The van der Waals surface area contributed by atoms with Crippen LogP contribution in [0, 0.1) is 5.92 Å². The van der Waals surface area contributed by atoms with Crippen LogP contribution in [0.25, 0.3) is 5.52 Å². The Hall–Kier alpha value is -1.89. The molecule has 4 rings (SSSR count). The van der Waals surface area contributed by atoms with Crippen LogP contribution in [-0.2, 0) is 11.3 Å². The molecule has 4 heterocycles. The van der Waals surface area contributed by atoms with E-state index in [1.807, 2.05) is 4.57 Å². The van der Waals surface area contributed by atoms with Gasteiger partial charge in [-0.3, -0.25) is 9.36 Å². The Labute approximate surface area is 147 Å². The van der Waals surface area contributed by atoms with Gasteiger partial charge in [0, 0.05) is 38.8 Å². The van der Waals surface area contributed by atoms with Crippen molar-refractivity contribution in [3.05, 3.63) is 22.4 Å². The lowest BCUT2D eigenvalue weighted by molar-refractivity contribution is 0.0832. The molecule has 0 amide bonds. The lowest BCUT2D eigenvalue weighted by atomic mass is 10.00. The second-order valence-corrected chi connectivity index (χ2v) is 7.42. The largest absolute Gasteiger partial charge is 0.381 e. The lowest BCUT2D eigenvalue weighted by Crippen LogP contribution is -2.44. The highest BCUT2D eigenvalue weighted by molar-refractivity contribution is 5.47. The van der Waals surface area contributed by atoms with Crippen LogP contribution in [0.3, 0.4) is 0 Å². The Morgan fingerprint density at radius 2 is 2.08 bits per heavy atom. The molecule has 0 spiro atoms. The maximum absolute atomic E-state index is 13.0. The van der Waals surface area contributed by atoms with Gasteiger partial charge in [-0.25, -0.2) is 9.50 Å². The minimum Gasteiger partial charge on any atom is -0.381 e. The summed E-state index contributed by atoms with van der Waals surface area (Å²) in [5.41, 5.74) is 0.624. The van der Waals surface area contributed by atoms with Crippen molar-refractivity contribution in [1.82, 2.24) is 19.2 Å². The van der Waals surface area contributed by atoms with E-state index in [2.05, 4.69) is 23.7 Å². The van der Waals surface area contributed by atoms with E-state index in [9.17, 15) is 4.79 Å². The number of fused-ring (bicyclic) bond motifs is 2. The Morgan fingerprint density at radius 1 is 1.28 bits per heavy atom. The molecule has 0 N–H and O–H groups in total. The van der Waals surface area contributed by atoms with Gasteiger partial charge in [-0.1, -0.05) is 20.3 Å². The molecule has 0 saturated carbocycles. The van der Waals surface area contributed by atoms with E-state index in [0.717, 1.165) is 70.3 Å². The van der Waals surface area contributed by atoms with Crippen LogP contribution in [0.15, 0.2) is 11.0 Å². The highest BCUT2D eigenvalue weighted by atomic mass is 16.5. The van der Waals surface area contributed by atoms with Crippen LogP contribution in [0.5, 0.6) is 0 Å². The third-order valence-corrected chi connectivity index (χ3v) is 5.34. The summed E-state index contributed by atoms with van der Waals surface area (Å²) in [6, 6.07) is 0. The SMILES string of the molecule is CCCCN1CC(C)Cn2c1nn1c(C3CCOCC3)ncc1c2=O. The van der Waals surface area contributed by atoms with Crippen molar-refractivity contribution < 1.29 is 4.74 Å². The van der Waals surface area contributed by atoms with E-state index < -0.39 is 0 Å². The Bertz CT molecular complexity index is 806. The van der Waals surface area contributed by atoms with Gasteiger partial charge in [-0.05, 0) is 25.2 Å². The van der Waals surface area contributed by atoms with Crippen LogP contribution < -0.4 is 10.5 Å². The van der Waals surface area contributed by atoms with Crippen molar-refractivity contribution >= 4 is 11.5 Å². The van der Waals surface area contributed by atoms with E-state index >= 15 is 0 Å². The third kappa shape index (κ3) is 2.94. The summed E-state index contributed by atoms with van der Waals surface area (Å²) in [6.45, 7) is 8.53. The first-order valence-corrected chi connectivity index (χ1v) is 9.50. The first kappa shape index (κ1) is 16.6. The predicted molar refractivity (Wildman–Crippen MR) is 96.3 cm³/mol. The Morgan fingerprint density at radius 3 is 2.84 bits per heavy atom. The number of ether oxygens (including phenoxy) is 1. The molecule has 2 aromatic rings. The summed E-state index contributed by atoms with van der Waals surface area (Å²) in [7, 11) is 0. The van der Waals surface area contributed by atoms with Gasteiger partial charge in [0.05, 0.1) is 6.20 Å². The van der Waals surface area contributed by atoms with Crippen molar-refractivity contribution in [1.29, 1.82) is 0 Å². The molecule has 0 aromatic carbocycles. The quantitative estimate of drug-likeness (QED) is 0.848. The number of unbranched alkanes of at least 4 members (excludes halogenated alkanes) is 1. The summed E-state index contributed by atoms with van der Waals surface area (Å²) in [4.78, 5) is 19.9. The zero-order valence-electron chi connectivity index (χ0n) is 15.1. The van der Waals surface area contributed by atoms with E-state index in [-0.39, 0.29) is 5.56 Å². The lowest BCUT2D eigenvalue weighted by Gasteiger charge is -2.34. The number of nitrogens with zero attached hydrogens (tertiary/aromatic N) is 5. The minimum atomic E-state index is 0.0313. The number of anilines is 1. The molecular weight excluding hydrogens is 318 g/mol. The van der Waals surface area contributed by atoms with Gasteiger partial charge >= 0.3 is 0 Å². The van der Waals surface area contributed by atoms with Gasteiger partial charge in [0.25, 0.3) is 5.56 Å². The predicted octanol–water partition coefficient (Wildman–Crippen LogP) is 2.04. The van der Waals surface area contributed by atoms with E-state index in [0.29, 0.717) is 17.4 Å². The normalized spacial score (nSPS) is 21.7. The van der Waals surface area contributed by atoms with Gasteiger partial charge in [0.15, 0.2) is 5.52 Å². The van der Waals surface area contributed by atoms with E-state index in [4.69, 9.17) is 9.84 Å². The zero-order chi connectivity index (χ0) is 17.4. The van der Waals surface area contributed by atoms with Gasteiger partial charge in [0.1, 0.15) is 5.82 Å². The summed E-state index contributed by atoms with van der Waals surface area (Å²) >= 11 is 0. The van der Waals surface area contributed by atoms with Crippen molar-refractivity contribution in [3.8, 4) is 0 Å². The van der Waals surface area contributed by atoms with E-state index in [1.54, 1.807) is 10.7 Å². The molecule has 7 nitrogen and oxygen atoms in total. The molecule has 2 aromatic heterocycles. The summed E-state index contributed by atoms with van der Waals surface area (Å²) in [5, 5.41) is 4.88. The first-order chi connectivity index (χ1) is 12.2. The fourth-order valence-electron chi connectivity index (χ4n) is 3.98. The molecule has 2 aliphatic heterocycles. The molecule has 7 heteroatoms.